The van der Waals surface area contributed by atoms with E-state index in [-0.39, 0.29) is 11.9 Å². The van der Waals surface area contributed by atoms with Crippen LogP contribution in [0.3, 0.4) is 0 Å². The van der Waals surface area contributed by atoms with E-state index in [4.69, 9.17) is 0 Å². The number of nitrogens with one attached hydrogen (secondary N) is 1. The minimum absolute atomic E-state index is 0.120. The van der Waals surface area contributed by atoms with Crippen molar-refractivity contribution >= 4 is 21.8 Å². The lowest BCUT2D eigenvalue weighted by Gasteiger charge is -2.18. The number of hydrogen-bond donors (Lipinski definition) is 1. The minimum Gasteiger partial charge on any atom is -0.345 e. The normalized spacial score (nSPS) is 12.2. The summed E-state index contributed by atoms with van der Waals surface area (Å²) in [5.41, 5.74) is 1.17. The maximum absolute atomic E-state index is 11.6. The quantitative estimate of drug-likeness (QED) is 0.906. The van der Waals surface area contributed by atoms with Gasteiger partial charge < -0.3 is 10.2 Å². The summed E-state index contributed by atoms with van der Waals surface area (Å²) in [6.45, 7) is 5.14. The molecule has 0 fully saturated rings. The number of halogens is 1. The van der Waals surface area contributed by atoms with Gasteiger partial charge in [-0.15, -0.1) is 0 Å². The Labute approximate surface area is 111 Å². The van der Waals surface area contributed by atoms with Crippen LogP contribution in [0.1, 0.15) is 25.5 Å². The van der Waals surface area contributed by atoms with Gasteiger partial charge in [0.2, 0.25) is 5.91 Å². The number of carbonyl (C=O) groups is 1. The number of rotatable bonds is 5. The highest BCUT2D eigenvalue weighted by Crippen LogP contribution is 2.17. The molecular formula is C13H19BrN2O. The highest BCUT2D eigenvalue weighted by molar-refractivity contribution is 9.10. The summed E-state index contributed by atoms with van der Waals surface area (Å²) in [5, 5.41) is 3.23. The third-order valence-electron chi connectivity index (χ3n) is 2.81. The summed E-state index contributed by atoms with van der Waals surface area (Å²) < 4.78 is 1.06. The van der Waals surface area contributed by atoms with E-state index in [9.17, 15) is 4.79 Å². The molecule has 0 heterocycles. The number of benzene rings is 1. The molecule has 0 aliphatic heterocycles. The lowest BCUT2D eigenvalue weighted by atomic mass is 10.1. The molecule has 94 valence electrons. The molecule has 17 heavy (non-hydrogen) atoms. The first-order valence-electron chi connectivity index (χ1n) is 5.77. The van der Waals surface area contributed by atoms with Gasteiger partial charge in [-0.25, -0.2) is 0 Å². The Balaban J connectivity index is 2.50. The molecule has 0 saturated carbocycles. The Kier molecular flexibility index (Phi) is 5.65. The van der Waals surface area contributed by atoms with E-state index in [1.165, 1.54) is 5.56 Å². The third kappa shape index (κ3) is 4.48. The summed E-state index contributed by atoms with van der Waals surface area (Å²) in [5.74, 6) is 0.120. The molecule has 0 aliphatic carbocycles. The van der Waals surface area contributed by atoms with Gasteiger partial charge in [-0.05, 0) is 31.5 Å². The molecule has 0 unspecified atom stereocenters. The summed E-state index contributed by atoms with van der Waals surface area (Å²) >= 11 is 3.44. The summed E-state index contributed by atoms with van der Waals surface area (Å²) in [6.07, 6.45) is 0. The lowest BCUT2D eigenvalue weighted by Crippen LogP contribution is -2.36. The largest absolute Gasteiger partial charge is 0.345 e. The predicted molar refractivity (Wildman–Crippen MR) is 73.9 cm³/mol. The van der Waals surface area contributed by atoms with Gasteiger partial charge >= 0.3 is 0 Å². The van der Waals surface area contributed by atoms with Crippen LogP contribution >= 0.6 is 15.9 Å². The van der Waals surface area contributed by atoms with Crippen LogP contribution in [0.2, 0.25) is 0 Å². The first-order valence-corrected chi connectivity index (χ1v) is 6.56. The molecule has 0 spiro atoms. The van der Waals surface area contributed by atoms with Crippen LogP contribution in [0.15, 0.2) is 28.7 Å². The molecule has 1 aromatic carbocycles. The first kappa shape index (κ1) is 14.2. The van der Waals surface area contributed by atoms with E-state index in [1.54, 1.807) is 4.90 Å². The summed E-state index contributed by atoms with van der Waals surface area (Å²) in [7, 11) is 1.81. The lowest BCUT2D eigenvalue weighted by molar-refractivity contribution is -0.128. The molecule has 1 aromatic rings. The van der Waals surface area contributed by atoms with Gasteiger partial charge in [-0.3, -0.25) is 4.79 Å². The Morgan fingerprint density at radius 1 is 1.53 bits per heavy atom. The van der Waals surface area contributed by atoms with Crippen molar-refractivity contribution in [3.63, 3.8) is 0 Å². The molecule has 1 amide bonds. The van der Waals surface area contributed by atoms with E-state index in [0.717, 1.165) is 11.0 Å². The van der Waals surface area contributed by atoms with Gasteiger partial charge in [0.1, 0.15) is 0 Å². The van der Waals surface area contributed by atoms with Crippen molar-refractivity contribution in [2.24, 2.45) is 0 Å². The molecule has 0 aromatic heterocycles. The SMILES string of the molecule is CCN(C)C(=O)CN[C@H](C)c1cccc(Br)c1. The van der Waals surface area contributed by atoms with Crippen molar-refractivity contribution in [3.05, 3.63) is 34.3 Å². The number of likely N-dealkylation sites (N-methyl/N-ethyl adjacent to an activating group) is 1. The highest BCUT2D eigenvalue weighted by atomic mass is 79.9. The van der Waals surface area contributed by atoms with E-state index >= 15 is 0 Å². The molecule has 1 rings (SSSR count). The second kappa shape index (κ2) is 6.77. The Morgan fingerprint density at radius 2 is 2.24 bits per heavy atom. The molecule has 0 aliphatic rings. The van der Waals surface area contributed by atoms with Crippen LogP contribution in [0.4, 0.5) is 0 Å². The molecule has 3 nitrogen and oxygen atoms in total. The van der Waals surface area contributed by atoms with Crippen LogP contribution in [0.5, 0.6) is 0 Å². The van der Waals surface area contributed by atoms with Gasteiger partial charge in [0, 0.05) is 24.1 Å². The Morgan fingerprint density at radius 3 is 2.82 bits per heavy atom. The zero-order chi connectivity index (χ0) is 12.8. The van der Waals surface area contributed by atoms with Crippen LogP contribution in [-0.4, -0.2) is 30.9 Å². The smallest absolute Gasteiger partial charge is 0.236 e. The fourth-order valence-electron chi connectivity index (χ4n) is 1.45. The van der Waals surface area contributed by atoms with Gasteiger partial charge in [0.05, 0.1) is 6.54 Å². The third-order valence-corrected chi connectivity index (χ3v) is 3.30. The van der Waals surface area contributed by atoms with Crippen molar-refractivity contribution in [2.75, 3.05) is 20.1 Å². The molecule has 0 bridgehead atoms. The molecule has 1 atom stereocenters. The fraction of sp³-hybridized carbons (Fsp3) is 0.462. The highest BCUT2D eigenvalue weighted by Gasteiger charge is 2.10. The van der Waals surface area contributed by atoms with E-state index in [1.807, 2.05) is 26.1 Å². The maximum Gasteiger partial charge on any atom is 0.236 e. The number of hydrogen-bond acceptors (Lipinski definition) is 2. The summed E-state index contributed by atoms with van der Waals surface area (Å²) in [6, 6.07) is 8.27. The van der Waals surface area contributed by atoms with Crippen molar-refractivity contribution in [3.8, 4) is 0 Å². The van der Waals surface area contributed by atoms with E-state index in [0.29, 0.717) is 6.54 Å². The zero-order valence-corrected chi connectivity index (χ0v) is 12.1. The number of amides is 1. The van der Waals surface area contributed by atoms with E-state index in [2.05, 4.69) is 40.3 Å². The van der Waals surface area contributed by atoms with Crippen molar-refractivity contribution in [1.82, 2.24) is 10.2 Å². The van der Waals surface area contributed by atoms with Crippen molar-refractivity contribution in [2.45, 2.75) is 19.9 Å². The van der Waals surface area contributed by atoms with Crippen LogP contribution < -0.4 is 5.32 Å². The standard InChI is InChI=1S/C13H19BrN2O/c1-4-16(3)13(17)9-15-10(2)11-6-5-7-12(14)8-11/h5-8,10,15H,4,9H2,1-3H3/t10-/m1/s1. The molecule has 0 radical (unpaired) electrons. The predicted octanol–water partition coefficient (Wildman–Crippen LogP) is 2.58. The molecular weight excluding hydrogens is 280 g/mol. The van der Waals surface area contributed by atoms with Gasteiger partial charge in [-0.1, -0.05) is 28.1 Å². The summed E-state index contributed by atoms with van der Waals surface area (Å²) in [4.78, 5) is 13.3. The van der Waals surface area contributed by atoms with Crippen LogP contribution in [0, 0.1) is 0 Å². The minimum atomic E-state index is 0.120. The molecule has 4 heteroatoms. The second-order valence-electron chi connectivity index (χ2n) is 4.07. The maximum atomic E-state index is 11.6. The van der Waals surface area contributed by atoms with Crippen molar-refractivity contribution < 1.29 is 4.79 Å². The topological polar surface area (TPSA) is 32.3 Å². The number of nitrogens with zero attached hydrogens (tertiary/aromatic N) is 1. The van der Waals surface area contributed by atoms with Gasteiger partial charge in [0.15, 0.2) is 0 Å². The molecule has 1 N–H and O–H groups in total. The van der Waals surface area contributed by atoms with Crippen LogP contribution in [-0.2, 0) is 4.79 Å². The fourth-order valence-corrected chi connectivity index (χ4v) is 1.86. The second-order valence-corrected chi connectivity index (χ2v) is 4.98. The average molecular weight is 299 g/mol. The average Bonchev–Trinajstić information content (AvgIpc) is 2.34. The Bertz CT molecular complexity index is 381. The van der Waals surface area contributed by atoms with Crippen LogP contribution in [0.25, 0.3) is 0 Å². The number of carbonyl (C=O) groups excluding carboxylic acids is 1. The first-order chi connectivity index (χ1) is 8.04. The zero-order valence-electron chi connectivity index (χ0n) is 10.5. The van der Waals surface area contributed by atoms with E-state index < -0.39 is 0 Å². The van der Waals surface area contributed by atoms with Gasteiger partial charge in [-0.2, -0.15) is 0 Å². The monoisotopic (exact) mass is 298 g/mol. The Hall–Kier alpha value is -0.870. The molecule has 0 saturated heterocycles. The van der Waals surface area contributed by atoms with Crippen molar-refractivity contribution in [1.29, 1.82) is 0 Å². The van der Waals surface area contributed by atoms with Gasteiger partial charge in [0.25, 0.3) is 0 Å².